The molecule has 1 aromatic heterocycles. The minimum atomic E-state index is 0.148. The number of carbonyl (C=O) groups excluding carboxylic acids is 1. The molecule has 1 saturated heterocycles. The predicted molar refractivity (Wildman–Crippen MR) is 123 cm³/mol. The number of aromatic amines is 1. The SMILES string of the molecule is COc1ccc(-c2n[nH]c(=S)n2CCC(=O)N2CCCCC[C@H]2c2ccccc2)cc1. The van der Waals surface area contributed by atoms with E-state index in [4.69, 9.17) is 17.0 Å². The first-order chi connectivity index (χ1) is 15.2. The van der Waals surface area contributed by atoms with E-state index >= 15 is 0 Å². The Morgan fingerprint density at radius 3 is 2.65 bits per heavy atom. The third kappa shape index (κ3) is 4.88. The Morgan fingerprint density at radius 2 is 1.90 bits per heavy atom. The molecule has 0 bridgehead atoms. The summed E-state index contributed by atoms with van der Waals surface area (Å²) in [5.41, 5.74) is 2.15. The molecule has 7 heteroatoms. The summed E-state index contributed by atoms with van der Waals surface area (Å²) < 4.78 is 7.67. The maximum atomic E-state index is 13.3. The molecule has 162 valence electrons. The van der Waals surface area contributed by atoms with Gasteiger partial charge in [-0.1, -0.05) is 43.2 Å². The average molecular weight is 437 g/mol. The monoisotopic (exact) mass is 436 g/mol. The highest BCUT2D eigenvalue weighted by Crippen LogP contribution is 2.31. The van der Waals surface area contributed by atoms with E-state index in [-0.39, 0.29) is 11.9 Å². The van der Waals surface area contributed by atoms with Gasteiger partial charge in [0.2, 0.25) is 5.91 Å². The fourth-order valence-corrected chi connectivity index (χ4v) is 4.49. The lowest BCUT2D eigenvalue weighted by molar-refractivity contribution is -0.133. The Morgan fingerprint density at radius 1 is 1.13 bits per heavy atom. The van der Waals surface area contributed by atoms with Crippen molar-refractivity contribution in [1.82, 2.24) is 19.7 Å². The van der Waals surface area contributed by atoms with E-state index in [2.05, 4.69) is 39.4 Å². The van der Waals surface area contributed by atoms with E-state index in [1.54, 1.807) is 7.11 Å². The van der Waals surface area contributed by atoms with Crippen LogP contribution in [0.1, 0.15) is 43.7 Å². The third-order valence-corrected chi connectivity index (χ3v) is 6.22. The molecule has 1 amide bonds. The lowest BCUT2D eigenvalue weighted by Gasteiger charge is -2.30. The van der Waals surface area contributed by atoms with Gasteiger partial charge < -0.3 is 9.64 Å². The zero-order chi connectivity index (χ0) is 21.6. The number of H-pyrrole nitrogens is 1. The van der Waals surface area contributed by atoms with Crippen LogP contribution in [0.2, 0.25) is 0 Å². The second-order valence-corrected chi connectivity index (χ2v) is 8.23. The van der Waals surface area contributed by atoms with Crippen LogP contribution in [0, 0.1) is 4.77 Å². The smallest absolute Gasteiger partial charge is 0.224 e. The minimum absolute atomic E-state index is 0.148. The van der Waals surface area contributed by atoms with Crippen molar-refractivity contribution in [1.29, 1.82) is 0 Å². The number of rotatable bonds is 6. The van der Waals surface area contributed by atoms with Gasteiger partial charge in [0.05, 0.1) is 13.2 Å². The lowest BCUT2D eigenvalue weighted by atomic mass is 10.0. The summed E-state index contributed by atoms with van der Waals surface area (Å²) in [6.07, 6.45) is 4.77. The molecule has 0 saturated carbocycles. The van der Waals surface area contributed by atoms with Crippen molar-refractivity contribution in [3.63, 3.8) is 0 Å². The van der Waals surface area contributed by atoms with E-state index in [0.29, 0.717) is 17.7 Å². The van der Waals surface area contributed by atoms with Crippen molar-refractivity contribution in [2.45, 2.75) is 44.7 Å². The number of nitrogens with zero attached hydrogens (tertiary/aromatic N) is 3. The molecule has 0 spiro atoms. The molecule has 2 heterocycles. The molecule has 3 aromatic rings. The number of hydrogen-bond acceptors (Lipinski definition) is 4. The fraction of sp³-hybridized carbons (Fsp3) is 0.375. The molecule has 2 aromatic carbocycles. The van der Waals surface area contributed by atoms with Crippen LogP contribution in [-0.4, -0.2) is 39.2 Å². The first-order valence-electron chi connectivity index (χ1n) is 10.8. The van der Waals surface area contributed by atoms with Crippen molar-refractivity contribution in [3.05, 3.63) is 64.9 Å². The van der Waals surface area contributed by atoms with Gasteiger partial charge in [0, 0.05) is 25.1 Å². The summed E-state index contributed by atoms with van der Waals surface area (Å²) in [5.74, 6) is 1.68. The Balaban J connectivity index is 1.51. The number of ether oxygens (including phenoxy) is 1. The number of nitrogens with one attached hydrogen (secondary N) is 1. The van der Waals surface area contributed by atoms with Crippen molar-refractivity contribution >= 4 is 18.1 Å². The highest BCUT2D eigenvalue weighted by atomic mass is 32.1. The summed E-state index contributed by atoms with van der Waals surface area (Å²) >= 11 is 5.45. The number of benzene rings is 2. The number of methoxy groups -OCH3 is 1. The number of hydrogen-bond donors (Lipinski definition) is 1. The van der Waals surface area contributed by atoms with E-state index in [0.717, 1.165) is 42.9 Å². The van der Waals surface area contributed by atoms with Gasteiger partial charge in [-0.05, 0) is 54.9 Å². The molecule has 1 aliphatic heterocycles. The molecule has 4 rings (SSSR count). The molecule has 0 aliphatic carbocycles. The largest absolute Gasteiger partial charge is 0.497 e. The molecular weight excluding hydrogens is 408 g/mol. The van der Waals surface area contributed by atoms with Gasteiger partial charge in [0.25, 0.3) is 0 Å². The second-order valence-electron chi connectivity index (χ2n) is 7.85. The van der Waals surface area contributed by atoms with E-state index in [9.17, 15) is 4.79 Å². The number of carbonyl (C=O) groups is 1. The zero-order valence-corrected chi connectivity index (χ0v) is 18.6. The van der Waals surface area contributed by atoms with Crippen molar-refractivity contribution < 1.29 is 9.53 Å². The standard InChI is InChI=1S/C24H28N4O2S/c1-30-20-13-11-19(12-14-20)23-25-26-24(31)28(23)17-15-22(29)27-16-7-3-6-10-21(27)18-8-4-2-5-9-18/h2,4-5,8-9,11-14,21H,3,6-7,10,15-17H2,1H3,(H,26,31)/t21-/m0/s1. The number of amides is 1. The van der Waals surface area contributed by atoms with Crippen LogP contribution in [-0.2, 0) is 11.3 Å². The van der Waals surface area contributed by atoms with Crippen LogP contribution in [0.25, 0.3) is 11.4 Å². The fourth-order valence-electron chi connectivity index (χ4n) is 4.27. The minimum Gasteiger partial charge on any atom is -0.497 e. The van der Waals surface area contributed by atoms with Gasteiger partial charge in [-0.25, -0.2) is 0 Å². The molecule has 1 atom stereocenters. The third-order valence-electron chi connectivity index (χ3n) is 5.91. The Hall–Kier alpha value is -2.93. The van der Waals surface area contributed by atoms with E-state index < -0.39 is 0 Å². The normalized spacial score (nSPS) is 16.7. The number of likely N-dealkylation sites (tertiary alicyclic amines) is 1. The highest BCUT2D eigenvalue weighted by molar-refractivity contribution is 7.71. The van der Waals surface area contributed by atoms with Gasteiger partial charge in [-0.15, -0.1) is 0 Å². The van der Waals surface area contributed by atoms with E-state index in [1.807, 2.05) is 34.9 Å². The molecule has 1 fully saturated rings. The molecule has 0 radical (unpaired) electrons. The second kappa shape index (κ2) is 9.92. The first kappa shape index (κ1) is 21.3. The molecule has 1 aliphatic rings. The van der Waals surface area contributed by atoms with Crippen LogP contribution in [0.4, 0.5) is 0 Å². The van der Waals surface area contributed by atoms with Gasteiger partial charge in [0.15, 0.2) is 10.6 Å². The van der Waals surface area contributed by atoms with Gasteiger partial charge in [-0.3, -0.25) is 14.5 Å². The Kier molecular flexibility index (Phi) is 6.82. The van der Waals surface area contributed by atoms with Gasteiger partial charge in [-0.2, -0.15) is 5.10 Å². The van der Waals surface area contributed by atoms with Crippen LogP contribution in [0.3, 0.4) is 0 Å². The van der Waals surface area contributed by atoms with Crippen molar-refractivity contribution in [2.75, 3.05) is 13.7 Å². The van der Waals surface area contributed by atoms with Crippen LogP contribution in [0.15, 0.2) is 54.6 Å². The summed E-state index contributed by atoms with van der Waals surface area (Å²) in [6.45, 7) is 1.30. The molecule has 1 N–H and O–H groups in total. The summed E-state index contributed by atoms with van der Waals surface area (Å²) in [5, 5.41) is 7.26. The predicted octanol–water partition coefficient (Wildman–Crippen LogP) is 5.15. The highest BCUT2D eigenvalue weighted by Gasteiger charge is 2.26. The zero-order valence-electron chi connectivity index (χ0n) is 17.8. The van der Waals surface area contributed by atoms with E-state index in [1.165, 1.54) is 12.0 Å². The van der Waals surface area contributed by atoms with Crippen molar-refractivity contribution in [3.8, 4) is 17.1 Å². The van der Waals surface area contributed by atoms with Crippen molar-refractivity contribution in [2.24, 2.45) is 0 Å². The summed E-state index contributed by atoms with van der Waals surface area (Å²) in [4.78, 5) is 15.4. The lowest BCUT2D eigenvalue weighted by Crippen LogP contribution is -2.35. The molecule has 6 nitrogen and oxygen atoms in total. The maximum absolute atomic E-state index is 13.3. The molecular formula is C24H28N4O2S. The van der Waals surface area contributed by atoms with Crippen LogP contribution in [0.5, 0.6) is 5.75 Å². The van der Waals surface area contributed by atoms with Crippen LogP contribution >= 0.6 is 12.2 Å². The Bertz CT molecular complexity index is 1060. The average Bonchev–Trinajstić information content (AvgIpc) is 3.01. The summed E-state index contributed by atoms with van der Waals surface area (Å²) in [7, 11) is 1.64. The Labute approximate surface area is 187 Å². The van der Waals surface area contributed by atoms with Gasteiger partial charge in [0.1, 0.15) is 5.75 Å². The topological polar surface area (TPSA) is 63.1 Å². The number of aromatic nitrogens is 3. The van der Waals surface area contributed by atoms with Gasteiger partial charge >= 0.3 is 0 Å². The first-order valence-corrected chi connectivity index (χ1v) is 11.2. The quantitative estimate of drug-likeness (QED) is 0.543. The summed E-state index contributed by atoms with van der Waals surface area (Å²) in [6, 6.07) is 18.2. The maximum Gasteiger partial charge on any atom is 0.224 e. The molecule has 0 unspecified atom stereocenters. The molecule has 31 heavy (non-hydrogen) atoms. The van der Waals surface area contributed by atoms with Crippen LogP contribution < -0.4 is 4.74 Å².